The van der Waals surface area contributed by atoms with Gasteiger partial charge in [0, 0.05) is 16.4 Å². The van der Waals surface area contributed by atoms with Crippen LogP contribution in [0.15, 0.2) is 33.8 Å². The lowest BCUT2D eigenvalue weighted by Gasteiger charge is -2.49. The van der Waals surface area contributed by atoms with Crippen LogP contribution in [0.2, 0.25) is 0 Å². The lowest BCUT2D eigenvalue weighted by Crippen LogP contribution is -2.70. The van der Waals surface area contributed by atoms with Gasteiger partial charge in [-0.1, -0.05) is 22.3 Å². The van der Waals surface area contributed by atoms with Gasteiger partial charge in [0.2, 0.25) is 5.91 Å². The Morgan fingerprint density at radius 1 is 1.45 bits per heavy atom. The molecule has 0 aromatic carbocycles. The van der Waals surface area contributed by atoms with Crippen LogP contribution in [0.5, 0.6) is 0 Å². The smallest absolute Gasteiger partial charge is 0.352 e. The number of carbonyl (C=O) groups is 3. The van der Waals surface area contributed by atoms with E-state index in [0.717, 1.165) is 14.8 Å². The molecule has 8 nitrogen and oxygen atoms in total. The molecule has 0 aliphatic carbocycles. The van der Waals surface area contributed by atoms with Gasteiger partial charge < -0.3 is 10.4 Å². The Balaban J connectivity index is 1.45. The molecule has 1 fully saturated rings. The van der Waals surface area contributed by atoms with Gasteiger partial charge in [-0.15, -0.1) is 28.2 Å². The number of aryl methyl sites for hydroxylation is 1. The Morgan fingerprint density at radius 2 is 2.28 bits per heavy atom. The van der Waals surface area contributed by atoms with Crippen LogP contribution in [0.3, 0.4) is 0 Å². The summed E-state index contributed by atoms with van der Waals surface area (Å²) in [5.74, 6) is -0.840. The number of thiophene rings is 1. The zero-order valence-corrected chi connectivity index (χ0v) is 18.4. The Labute approximate surface area is 182 Å². The number of fused-ring (bicyclic) bond motifs is 1. The van der Waals surface area contributed by atoms with E-state index in [1.165, 1.54) is 51.3 Å². The van der Waals surface area contributed by atoms with E-state index in [9.17, 15) is 19.5 Å². The molecule has 1 saturated heterocycles. The van der Waals surface area contributed by atoms with Crippen molar-refractivity contribution in [1.29, 1.82) is 0 Å². The highest BCUT2D eigenvalue weighted by Gasteiger charge is 2.54. The number of aliphatic carboxylic acids is 1. The highest BCUT2D eigenvalue weighted by Crippen LogP contribution is 2.41. The number of β-lactam (4-membered cyclic amide) rings is 1. The lowest BCUT2D eigenvalue weighted by atomic mass is 10.0. The average molecular weight is 469 g/mol. The number of thioether (sulfide) groups is 2. The van der Waals surface area contributed by atoms with Gasteiger partial charge in [0.1, 0.15) is 22.1 Å². The third-order valence-electron chi connectivity index (χ3n) is 4.47. The molecular formula is C17H16N4O4S4. The maximum Gasteiger partial charge on any atom is 0.352 e. The van der Waals surface area contributed by atoms with Crippen LogP contribution in [-0.4, -0.2) is 60.3 Å². The van der Waals surface area contributed by atoms with Crippen LogP contribution in [-0.2, 0) is 20.8 Å². The SMILES string of the molecule is Cc1snnc1SCC1=C(C(=O)O)N2C(=O)[C@H](NC(=O)Cc3cccs3)[C@@H]2SC1. The summed E-state index contributed by atoms with van der Waals surface area (Å²) in [4.78, 5) is 40.0. The molecule has 4 rings (SSSR count). The Bertz CT molecular complexity index is 987. The van der Waals surface area contributed by atoms with Crippen molar-refractivity contribution in [3.05, 3.63) is 38.5 Å². The van der Waals surface area contributed by atoms with Crippen LogP contribution >= 0.6 is 46.4 Å². The van der Waals surface area contributed by atoms with E-state index in [-0.39, 0.29) is 23.9 Å². The van der Waals surface area contributed by atoms with Gasteiger partial charge in [0.15, 0.2) is 0 Å². The van der Waals surface area contributed by atoms with E-state index < -0.39 is 17.4 Å². The number of nitrogens with one attached hydrogen (secondary N) is 1. The summed E-state index contributed by atoms with van der Waals surface area (Å²) < 4.78 is 3.88. The van der Waals surface area contributed by atoms with Crippen molar-refractivity contribution >= 4 is 64.2 Å². The minimum atomic E-state index is -1.13. The zero-order chi connectivity index (χ0) is 20.5. The van der Waals surface area contributed by atoms with Gasteiger partial charge in [0.05, 0.1) is 11.3 Å². The highest BCUT2D eigenvalue weighted by molar-refractivity contribution is 8.01. The van der Waals surface area contributed by atoms with Crippen LogP contribution < -0.4 is 5.32 Å². The summed E-state index contributed by atoms with van der Waals surface area (Å²) in [5, 5.41) is 18.8. The van der Waals surface area contributed by atoms with Gasteiger partial charge >= 0.3 is 5.97 Å². The number of amides is 2. The molecule has 152 valence electrons. The first-order valence-electron chi connectivity index (χ1n) is 8.59. The maximum atomic E-state index is 12.7. The van der Waals surface area contributed by atoms with Gasteiger partial charge in [-0.2, -0.15) is 0 Å². The van der Waals surface area contributed by atoms with E-state index in [1.807, 2.05) is 24.4 Å². The molecule has 0 radical (unpaired) electrons. The van der Waals surface area contributed by atoms with Gasteiger partial charge in [0.25, 0.3) is 5.91 Å². The first kappa shape index (κ1) is 20.4. The summed E-state index contributed by atoms with van der Waals surface area (Å²) in [7, 11) is 0. The second-order valence-corrected chi connectivity index (χ2v) is 10.5. The molecule has 0 saturated carbocycles. The lowest BCUT2D eigenvalue weighted by molar-refractivity contribution is -0.150. The number of nitrogens with zero attached hydrogens (tertiary/aromatic N) is 3. The normalized spacial score (nSPS) is 21.0. The minimum Gasteiger partial charge on any atom is -0.477 e. The van der Waals surface area contributed by atoms with Crippen molar-refractivity contribution in [3.8, 4) is 0 Å². The summed E-state index contributed by atoms with van der Waals surface area (Å²) >= 11 is 5.66. The standard InChI is InChI=1S/C17H16N4O4S4/c1-8-14(19-20-29-8)27-6-9-7-28-16-12(15(23)21(16)13(9)17(24)25)18-11(22)5-10-3-2-4-26-10/h2-4,12,16H,5-7H2,1H3,(H,18,22)(H,24,25)/t12-,16-/m0/s1. The van der Waals surface area contributed by atoms with Gasteiger partial charge in [-0.3, -0.25) is 14.5 Å². The number of hydrogen-bond donors (Lipinski definition) is 2. The van der Waals surface area contributed by atoms with E-state index in [0.29, 0.717) is 17.1 Å². The Morgan fingerprint density at radius 3 is 2.93 bits per heavy atom. The molecule has 2 aromatic heterocycles. The highest BCUT2D eigenvalue weighted by atomic mass is 32.2. The van der Waals surface area contributed by atoms with Crippen molar-refractivity contribution in [2.24, 2.45) is 0 Å². The average Bonchev–Trinajstić information content (AvgIpc) is 3.35. The van der Waals surface area contributed by atoms with Crippen molar-refractivity contribution in [2.45, 2.75) is 29.8 Å². The second kappa shape index (κ2) is 8.46. The van der Waals surface area contributed by atoms with Crippen LogP contribution in [0, 0.1) is 6.92 Å². The van der Waals surface area contributed by atoms with Crippen molar-refractivity contribution < 1.29 is 19.5 Å². The van der Waals surface area contributed by atoms with Crippen LogP contribution in [0.25, 0.3) is 0 Å². The predicted octanol–water partition coefficient (Wildman–Crippen LogP) is 1.98. The molecule has 2 atom stereocenters. The van der Waals surface area contributed by atoms with Crippen LogP contribution in [0.1, 0.15) is 9.75 Å². The van der Waals surface area contributed by atoms with E-state index in [1.54, 1.807) is 0 Å². The molecule has 29 heavy (non-hydrogen) atoms. The maximum absolute atomic E-state index is 12.7. The van der Waals surface area contributed by atoms with Crippen molar-refractivity contribution in [2.75, 3.05) is 11.5 Å². The molecule has 2 N–H and O–H groups in total. The molecule has 2 amide bonds. The van der Waals surface area contributed by atoms with Crippen molar-refractivity contribution in [3.63, 3.8) is 0 Å². The van der Waals surface area contributed by atoms with E-state index in [2.05, 4.69) is 14.9 Å². The first-order valence-corrected chi connectivity index (χ1v) is 12.3. The number of carboxylic acid groups (broad SMARTS) is 1. The third-order valence-corrected chi connectivity index (χ3v) is 8.60. The molecule has 0 bridgehead atoms. The topological polar surface area (TPSA) is 112 Å². The monoisotopic (exact) mass is 468 g/mol. The van der Waals surface area contributed by atoms with Gasteiger partial charge in [-0.25, -0.2) is 4.79 Å². The predicted molar refractivity (Wildman–Crippen MR) is 113 cm³/mol. The number of carboxylic acids is 1. The Hall–Kier alpha value is -1.89. The largest absolute Gasteiger partial charge is 0.477 e. The van der Waals surface area contributed by atoms with E-state index >= 15 is 0 Å². The fourth-order valence-corrected chi connectivity index (χ4v) is 6.84. The molecule has 2 aliphatic heterocycles. The van der Waals surface area contributed by atoms with E-state index in [4.69, 9.17) is 0 Å². The summed E-state index contributed by atoms with van der Waals surface area (Å²) in [6, 6.07) is 3.04. The minimum absolute atomic E-state index is 0.0239. The van der Waals surface area contributed by atoms with Crippen molar-refractivity contribution in [1.82, 2.24) is 19.8 Å². The quantitative estimate of drug-likeness (QED) is 0.469. The summed E-state index contributed by atoms with van der Waals surface area (Å²) in [6.07, 6.45) is 0.212. The summed E-state index contributed by atoms with van der Waals surface area (Å²) in [5.41, 5.74) is 0.698. The van der Waals surface area contributed by atoms with Gasteiger partial charge in [-0.05, 0) is 35.5 Å². The molecule has 12 heteroatoms. The van der Waals surface area contributed by atoms with Crippen LogP contribution in [0.4, 0.5) is 0 Å². The molecule has 0 spiro atoms. The number of hydrogen-bond acceptors (Lipinski definition) is 9. The number of rotatable bonds is 7. The second-order valence-electron chi connectivity index (χ2n) is 6.39. The number of aromatic nitrogens is 2. The molecule has 2 aromatic rings. The molecule has 2 aliphatic rings. The summed E-state index contributed by atoms with van der Waals surface area (Å²) in [6.45, 7) is 1.91. The Kier molecular flexibility index (Phi) is 5.95. The molecule has 4 heterocycles. The molecule has 0 unspecified atom stereocenters. The number of carbonyl (C=O) groups excluding carboxylic acids is 2. The fourth-order valence-electron chi connectivity index (χ4n) is 3.10. The molecular weight excluding hydrogens is 452 g/mol. The zero-order valence-electron chi connectivity index (χ0n) is 15.2. The fraction of sp³-hybridized carbons (Fsp3) is 0.353. The third kappa shape index (κ3) is 4.06. The first-order chi connectivity index (χ1) is 14.0.